The first kappa shape index (κ1) is 21.7. The number of aryl methyl sites for hydroxylation is 1. The van der Waals surface area contributed by atoms with Gasteiger partial charge in [0.25, 0.3) is 0 Å². The summed E-state index contributed by atoms with van der Waals surface area (Å²) >= 11 is 12.0. The van der Waals surface area contributed by atoms with Gasteiger partial charge in [0, 0.05) is 17.6 Å². The van der Waals surface area contributed by atoms with Crippen molar-refractivity contribution < 1.29 is 9.59 Å². The summed E-state index contributed by atoms with van der Waals surface area (Å²) in [6.07, 6.45) is 4.18. The number of carbonyl (C=O) groups is 2. The molecule has 0 spiro atoms. The number of nitrogens with zero attached hydrogens (tertiary/aromatic N) is 1. The van der Waals surface area contributed by atoms with E-state index in [1.807, 2.05) is 31.2 Å². The Balaban J connectivity index is 1.94. The zero-order valence-electron chi connectivity index (χ0n) is 16.5. The molecule has 0 bridgehead atoms. The van der Waals surface area contributed by atoms with E-state index in [0.717, 1.165) is 42.4 Å². The second-order valence-electron chi connectivity index (χ2n) is 7.58. The largest absolute Gasteiger partial charge is 0.351 e. The summed E-state index contributed by atoms with van der Waals surface area (Å²) in [6.45, 7) is 2.31. The van der Waals surface area contributed by atoms with Gasteiger partial charge >= 0.3 is 0 Å². The Bertz CT molecular complexity index is 831. The van der Waals surface area contributed by atoms with Crippen LogP contribution in [-0.4, -0.2) is 28.6 Å². The van der Waals surface area contributed by atoms with Crippen LogP contribution in [0.5, 0.6) is 0 Å². The lowest BCUT2D eigenvalue weighted by Crippen LogP contribution is -2.46. The summed E-state index contributed by atoms with van der Waals surface area (Å²) < 4.78 is 0. The first-order valence-electron chi connectivity index (χ1n) is 9.94. The van der Waals surface area contributed by atoms with Gasteiger partial charge < -0.3 is 10.2 Å². The first-order valence-corrected chi connectivity index (χ1v) is 10.9. The van der Waals surface area contributed by atoms with E-state index in [1.165, 1.54) is 0 Å². The molecule has 2 aromatic rings. The van der Waals surface area contributed by atoms with Crippen molar-refractivity contribution in [2.75, 3.05) is 5.88 Å². The summed E-state index contributed by atoms with van der Waals surface area (Å²) in [5, 5.41) is 3.72. The van der Waals surface area contributed by atoms with E-state index < -0.39 is 6.04 Å². The third-order valence-corrected chi connectivity index (χ3v) is 5.84. The first-order chi connectivity index (χ1) is 14.0. The van der Waals surface area contributed by atoms with Gasteiger partial charge in [0.2, 0.25) is 11.8 Å². The van der Waals surface area contributed by atoms with Crippen molar-refractivity contribution in [3.63, 3.8) is 0 Å². The van der Waals surface area contributed by atoms with Crippen LogP contribution in [0.3, 0.4) is 0 Å². The van der Waals surface area contributed by atoms with E-state index in [0.29, 0.717) is 11.6 Å². The average Bonchev–Trinajstić information content (AvgIpc) is 3.22. The molecule has 1 aliphatic rings. The standard InChI is InChI=1S/C23H26Cl2N2O2/c1-16-6-8-17(9-7-16)15-27(21(28)14-24)22(18-10-12-19(25)13-11-18)23(29)26-20-4-2-3-5-20/h6-13,20,22H,2-5,14-15H2,1H3,(H,26,29). The topological polar surface area (TPSA) is 49.4 Å². The fourth-order valence-electron chi connectivity index (χ4n) is 3.76. The van der Waals surface area contributed by atoms with Gasteiger partial charge in [0.1, 0.15) is 11.9 Å². The summed E-state index contributed by atoms with van der Waals surface area (Å²) in [5.41, 5.74) is 2.80. The molecule has 0 aliphatic heterocycles. The Hall–Kier alpha value is -2.04. The molecular weight excluding hydrogens is 407 g/mol. The second kappa shape index (κ2) is 10.1. The van der Waals surface area contributed by atoms with E-state index in [9.17, 15) is 9.59 Å². The van der Waals surface area contributed by atoms with Crippen molar-refractivity contribution in [1.82, 2.24) is 10.2 Å². The van der Waals surface area contributed by atoms with Crippen LogP contribution in [0.25, 0.3) is 0 Å². The molecule has 0 aromatic heterocycles. The van der Waals surface area contributed by atoms with Crippen LogP contribution in [0.15, 0.2) is 48.5 Å². The maximum Gasteiger partial charge on any atom is 0.247 e. The maximum absolute atomic E-state index is 13.3. The van der Waals surface area contributed by atoms with Gasteiger partial charge in [0.15, 0.2) is 0 Å². The molecule has 6 heteroatoms. The second-order valence-corrected chi connectivity index (χ2v) is 8.29. The summed E-state index contributed by atoms with van der Waals surface area (Å²) in [4.78, 5) is 27.7. The number of benzene rings is 2. The minimum Gasteiger partial charge on any atom is -0.351 e. The van der Waals surface area contributed by atoms with Crippen LogP contribution in [0, 0.1) is 6.92 Å². The number of rotatable bonds is 7. The van der Waals surface area contributed by atoms with Gasteiger partial charge in [-0.05, 0) is 43.0 Å². The average molecular weight is 433 g/mol. The van der Waals surface area contributed by atoms with Crippen LogP contribution >= 0.6 is 23.2 Å². The molecule has 1 fully saturated rings. The minimum atomic E-state index is -0.764. The van der Waals surface area contributed by atoms with Crippen LogP contribution in [0.2, 0.25) is 5.02 Å². The minimum absolute atomic E-state index is 0.157. The Morgan fingerprint density at radius 1 is 1.07 bits per heavy atom. The highest BCUT2D eigenvalue weighted by Gasteiger charge is 2.32. The fraction of sp³-hybridized carbons (Fsp3) is 0.391. The van der Waals surface area contributed by atoms with E-state index >= 15 is 0 Å². The molecule has 0 saturated heterocycles. The molecule has 29 heavy (non-hydrogen) atoms. The SMILES string of the molecule is Cc1ccc(CN(C(=O)CCl)C(C(=O)NC2CCCC2)c2ccc(Cl)cc2)cc1. The maximum atomic E-state index is 13.3. The Morgan fingerprint density at radius 3 is 2.28 bits per heavy atom. The van der Waals surface area contributed by atoms with Gasteiger partial charge in [-0.15, -0.1) is 11.6 Å². The fourth-order valence-corrected chi connectivity index (χ4v) is 4.04. The summed E-state index contributed by atoms with van der Waals surface area (Å²) in [5.74, 6) is -0.648. The number of alkyl halides is 1. The molecule has 0 heterocycles. The molecule has 1 unspecified atom stereocenters. The predicted octanol–water partition coefficient (Wildman–Crippen LogP) is 5.02. The van der Waals surface area contributed by atoms with E-state index in [-0.39, 0.29) is 23.7 Å². The Labute approximate surface area is 182 Å². The highest BCUT2D eigenvalue weighted by atomic mass is 35.5. The van der Waals surface area contributed by atoms with Gasteiger partial charge in [0.05, 0.1) is 0 Å². The molecule has 2 amide bonds. The van der Waals surface area contributed by atoms with Crippen molar-refractivity contribution in [2.45, 2.75) is 51.2 Å². The lowest BCUT2D eigenvalue weighted by Gasteiger charge is -2.32. The normalized spacial score (nSPS) is 15.1. The van der Waals surface area contributed by atoms with Gasteiger partial charge in [-0.25, -0.2) is 0 Å². The van der Waals surface area contributed by atoms with Crippen LogP contribution < -0.4 is 5.32 Å². The molecule has 1 aliphatic carbocycles. The number of halogens is 2. The zero-order chi connectivity index (χ0) is 20.8. The van der Waals surface area contributed by atoms with Gasteiger partial charge in [-0.3, -0.25) is 9.59 Å². The quantitative estimate of drug-likeness (QED) is 0.624. The molecular formula is C23H26Cl2N2O2. The van der Waals surface area contributed by atoms with E-state index in [2.05, 4.69) is 5.32 Å². The smallest absolute Gasteiger partial charge is 0.247 e. The van der Waals surface area contributed by atoms with Crippen molar-refractivity contribution in [1.29, 1.82) is 0 Å². The number of hydrogen-bond acceptors (Lipinski definition) is 2. The van der Waals surface area contributed by atoms with Crippen molar-refractivity contribution in [3.05, 3.63) is 70.2 Å². The molecule has 3 rings (SSSR count). The van der Waals surface area contributed by atoms with Gasteiger partial charge in [-0.1, -0.05) is 66.4 Å². The van der Waals surface area contributed by atoms with E-state index in [4.69, 9.17) is 23.2 Å². The van der Waals surface area contributed by atoms with Crippen LogP contribution in [-0.2, 0) is 16.1 Å². The number of hydrogen-bond donors (Lipinski definition) is 1. The highest BCUT2D eigenvalue weighted by molar-refractivity contribution is 6.30. The molecule has 1 N–H and O–H groups in total. The Morgan fingerprint density at radius 2 is 1.69 bits per heavy atom. The molecule has 1 saturated carbocycles. The monoisotopic (exact) mass is 432 g/mol. The third-order valence-electron chi connectivity index (χ3n) is 5.36. The molecule has 2 aromatic carbocycles. The van der Waals surface area contributed by atoms with Crippen LogP contribution in [0.1, 0.15) is 48.4 Å². The predicted molar refractivity (Wildman–Crippen MR) is 117 cm³/mol. The summed E-state index contributed by atoms with van der Waals surface area (Å²) in [6, 6.07) is 14.4. The Kier molecular flexibility index (Phi) is 7.57. The summed E-state index contributed by atoms with van der Waals surface area (Å²) in [7, 11) is 0. The van der Waals surface area contributed by atoms with Crippen molar-refractivity contribution >= 4 is 35.0 Å². The number of nitrogens with one attached hydrogen (secondary N) is 1. The number of amides is 2. The van der Waals surface area contributed by atoms with Crippen LogP contribution in [0.4, 0.5) is 0 Å². The lowest BCUT2D eigenvalue weighted by atomic mass is 10.0. The highest BCUT2D eigenvalue weighted by Crippen LogP contribution is 2.27. The van der Waals surface area contributed by atoms with Crippen molar-refractivity contribution in [2.24, 2.45) is 0 Å². The lowest BCUT2D eigenvalue weighted by molar-refractivity contribution is -0.140. The third kappa shape index (κ3) is 5.74. The molecule has 0 radical (unpaired) electrons. The zero-order valence-corrected chi connectivity index (χ0v) is 18.0. The molecule has 154 valence electrons. The van der Waals surface area contributed by atoms with Gasteiger partial charge in [-0.2, -0.15) is 0 Å². The van der Waals surface area contributed by atoms with E-state index in [1.54, 1.807) is 29.2 Å². The molecule has 1 atom stereocenters. The number of carbonyl (C=O) groups excluding carboxylic acids is 2. The molecule has 4 nitrogen and oxygen atoms in total. The van der Waals surface area contributed by atoms with Crippen molar-refractivity contribution in [3.8, 4) is 0 Å².